The van der Waals surface area contributed by atoms with E-state index in [0.29, 0.717) is 5.56 Å². The molecule has 0 spiro atoms. The number of nitrogens with one attached hydrogen (secondary N) is 1. The predicted octanol–water partition coefficient (Wildman–Crippen LogP) is 4.82. The molecule has 25 heavy (non-hydrogen) atoms. The maximum absolute atomic E-state index is 12.4. The second kappa shape index (κ2) is 7.15. The smallest absolute Gasteiger partial charge is 0.224 e. The van der Waals surface area contributed by atoms with E-state index in [2.05, 4.69) is 10.3 Å². The monoisotopic (exact) mass is 352 g/mol. The molecule has 1 aromatic heterocycles. The highest BCUT2D eigenvalue weighted by Crippen LogP contribution is 2.25. The minimum Gasteiger partial charge on any atom is -0.326 e. The molecule has 0 aliphatic rings. The minimum atomic E-state index is -0.153. The van der Waals surface area contributed by atoms with E-state index in [1.807, 2.05) is 57.2 Å². The molecular formula is C20H20N2O2S. The van der Waals surface area contributed by atoms with E-state index in [1.54, 1.807) is 11.3 Å². The summed E-state index contributed by atoms with van der Waals surface area (Å²) in [6.45, 7) is 5.83. The fourth-order valence-electron chi connectivity index (χ4n) is 2.74. The zero-order chi connectivity index (χ0) is 18.0. The summed E-state index contributed by atoms with van der Waals surface area (Å²) < 4.78 is 1.04. The van der Waals surface area contributed by atoms with Gasteiger partial charge in [0.2, 0.25) is 5.91 Å². The molecule has 3 aromatic rings. The van der Waals surface area contributed by atoms with Crippen LogP contribution in [0, 0.1) is 20.8 Å². The molecule has 0 aliphatic heterocycles. The first-order valence-corrected chi connectivity index (χ1v) is 9.01. The van der Waals surface area contributed by atoms with Crippen LogP contribution in [-0.4, -0.2) is 16.7 Å². The molecule has 0 atom stereocenters. The Morgan fingerprint density at radius 2 is 1.84 bits per heavy atom. The van der Waals surface area contributed by atoms with Crippen molar-refractivity contribution in [2.75, 3.05) is 5.32 Å². The van der Waals surface area contributed by atoms with Crippen LogP contribution in [0.15, 0.2) is 36.4 Å². The lowest BCUT2D eigenvalue weighted by Gasteiger charge is -2.07. The minimum absolute atomic E-state index is 0.00452. The van der Waals surface area contributed by atoms with E-state index < -0.39 is 0 Å². The van der Waals surface area contributed by atoms with Gasteiger partial charge in [-0.15, -0.1) is 11.3 Å². The van der Waals surface area contributed by atoms with Gasteiger partial charge in [0, 0.05) is 24.1 Å². The molecule has 1 heterocycles. The van der Waals surface area contributed by atoms with Crippen LogP contribution in [0.5, 0.6) is 0 Å². The Hall–Kier alpha value is -2.53. The molecule has 3 rings (SSSR count). The third-order valence-corrected chi connectivity index (χ3v) is 4.99. The van der Waals surface area contributed by atoms with Crippen LogP contribution in [-0.2, 0) is 4.79 Å². The van der Waals surface area contributed by atoms with Gasteiger partial charge >= 0.3 is 0 Å². The number of nitrogens with zero attached hydrogens (tertiary/aromatic N) is 1. The molecule has 0 saturated carbocycles. The zero-order valence-electron chi connectivity index (χ0n) is 14.6. The summed E-state index contributed by atoms with van der Waals surface area (Å²) in [7, 11) is 0. The maximum atomic E-state index is 12.4. The number of fused-ring (bicyclic) bond motifs is 1. The number of amides is 1. The van der Waals surface area contributed by atoms with Gasteiger partial charge in [-0.25, -0.2) is 4.98 Å². The van der Waals surface area contributed by atoms with Gasteiger partial charge in [-0.3, -0.25) is 9.59 Å². The number of Topliss-reactive ketones (excluding diaryl/α,β-unsaturated/α-hetero) is 1. The van der Waals surface area contributed by atoms with Crippen LogP contribution >= 0.6 is 11.3 Å². The van der Waals surface area contributed by atoms with Gasteiger partial charge in [-0.1, -0.05) is 17.7 Å². The Bertz CT molecular complexity index is 959. The van der Waals surface area contributed by atoms with Crippen molar-refractivity contribution in [2.45, 2.75) is 33.6 Å². The average Bonchev–Trinajstić information content (AvgIpc) is 2.94. The van der Waals surface area contributed by atoms with Crippen LogP contribution < -0.4 is 5.32 Å². The van der Waals surface area contributed by atoms with E-state index in [4.69, 9.17) is 0 Å². The second-order valence-corrected chi connectivity index (χ2v) is 7.44. The number of carbonyl (C=O) groups excluding carboxylic acids is 2. The van der Waals surface area contributed by atoms with Crippen molar-refractivity contribution in [3.8, 4) is 0 Å². The van der Waals surface area contributed by atoms with Crippen molar-refractivity contribution in [3.05, 3.63) is 58.1 Å². The Labute approximate surface area is 150 Å². The van der Waals surface area contributed by atoms with Gasteiger partial charge in [0.05, 0.1) is 15.2 Å². The maximum Gasteiger partial charge on any atom is 0.224 e. The van der Waals surface area contributed by atoms with Crippen molar-refractivity contribution < 1.29 is 9.59 Å². The van der Waals surface area contributed by atoms with E-state index in [0.717, 1.165) is 32.0 Å². The highest BCUT2D eigenvalue weighted by atomic mass is 32.1. The molecule has 5 heteroatoms. The molecule has 0 unspecified atom stereocenters. The van der Waals surface area contributed by atoms with Gasteiger partial charge in [0.15, 0.2) is 5.78 Å². The number of hydrogen-bond donors (Lipinski definition) is 1. The standard InChI is InChI=1S/C20H20N2O2S/c1-12-4-5-13(2)16(10-12)18(23)8-9-20(24)22-15-6-7-17-19(11-15)25-14(3)21-17/h4-7,10-11H,8-9H2,1-3H3,(H,22,24). The molecule has 128 valence electrons. The normalized spacial score (nSPS) is 10.8. The molecule has 0 fully saturated rings. The predicted molar refractivity (Wildman–Crippen MR) is 102 cm³/mol. The molecular weight excluding hydrogens is 332 g/mol. The molecule has 0 radical (unpaired) electrons. The Morgan fingerprint density at radius 3 is 2.64 bits per heavy atom. The third-order valence-electron chi connectivity index (χ3n) is 4.05. The van der Waals surface area contributed by atoms with Crippen molar-refractivity contribution in [1.29, 1.82) is 0 Å². The summed E-state index contributed by atoms with van der Waals surface area (Å²) in [5, 5.41) is 3.86. The van der Waals surface area contributed by atoms with E-state index in [-0.39, 0.29) is 24.5 Å². The largest absolute Gasteiger partial charge is 0.326 e. The molecule has 1 amide bonds. The third kappa shape index (κ3) is 4.12. The van der Waals surface area contributed by atoms with E-state index >= 15 is 0 Å². The van der Waals surface area contributed by atoms with Crippen molar-refractivity contribution >= 4 is 38.9 Å². The first-order chi connectivity index (χ1) is 11.9. The van der Waals surface area contributed by atoms with E-state index in [9.17, 15) is 9.59 Å². The number of thiazole rings is 1. The van der Waals surface area contributed by atoms with Crippen LogP contribution in [0.3, 0.4) is 0 Å². The van der Waals surface area contributed by atoms with Gasteiger partial charge in [-0.2, -0.15) is 0 Å². The van der Waals surface area contributed by atoms with Crippen molar-refractivity contribution in [3.63, 3.8) is 0 Å². The van der Waals surface area contributed by atoms with Gasteiger partial charge < -0.3 is 5.32 Å². The summed E-state index contributed by atoms with van der Waals surface area (Å²) in [6, 6.07) is 11.5. The SMILES string of the molecule is Cc1ccc(C)c(C(=O)CCC(=O)Nc2ccc3nc(C)sc3c2)c1. The molecule has 0 saturated heterocycles. The number of anilines is 1. The number of carbonyl (C=O) groups is 2. The van der Waals surface area contributed by atoms with Gasteiger partial charge in [0.25, 0.3) is 0 Å². The summed E-state index contributed by atoms with van der Waals surface area (Å²) in [5.41, 5.74) is 4.37. The average molecular weight is 352 g/mol. The van der Waals surface area contributed by atoms with Crippen LogP contribution in [0.4, 0.5) is 5.69 Å². The molecule has 0 aliphatic carbocycles. The van der Waals surface area contributed by atoms with Crippen LogP contribution in [0.2, 0.25) is 0 Å². The highest BCUT2D eigenvalue weighted by Gasteiger charge is 2.12. The summed E-state index contributed by atoms with van der Waals surface area (Å²) in [4.78, 5) is 28.9. The number of ketones is 1. The van der Waals surface area contributed by atoms with Gasteiger partial charge in [-0.05, 0) is 50.6 Å². The zero-order valence-corrected chi connectivity index (χ0v) is 15.4. The highest BCUT2D eigenvalue weighted by molar-refractivity contribution is 7.18. The first-order valence-electron chi connectivity index (χ1n) is 8.20. The topological polar surface area (TPSA) is 59.1 Å². The van der Waals surface area contributed by atoms with Crippen LogP contribution in [0.25, 0.3) is 10.2 Å². The number of aryl methyl sites for hydroxylation is 3. The lowest BCUT2D eigenvalue weighted by Crippen LogP contribution is -2.14. The van der Waals surface area contributed by atoms with Crippen LogP contribution in [0.1, 0.15) is 39.3 Å². The fourth-order valence-corrected chi connectivity index (χ4v) is 3.61. The van der Waals surface area contributed by atoms with Crippen molar-refractivity contribution in [1.82, 2.24) is 4.98 Å². The molecule has 2 aromatic carbocycles. The molecule has 1 N–H and O–H groups in total. The van der Waals surface area contributed by atoms with Crippen molar-refractivity contribution in [2.24, 2.45) is 0 Å². The number of hydrogen-bond acceptors (Lipinski definition) is 4. The number of aromatic nitrogens is 1. The Balaban J connectivity index is 1.61. The first kappa shape index (κ1) is 17.3. The van der Waals surface area contributed by atoms with E-state index in [1.165, 1.54) is 0 Å². The Morgan fingerprint density at radius 1 is 1.04 bits per heavy atom. The fraction of sp³-hybridized carbons (Fsp3) is 0.250. The molecule has 0 bridgehead atoms. The lowest BCUT2D eigenvalue weighted by atomic mass is 9.99. The lowest BCUT2D eigenvalue weighted by molar-refractivity contribution is -0.116. The quantitative estimate of drug-likeness (QED) is 0.670. The number of rotatable bonds is 5. The second-order valence-electron chi connectivity index (χ2n) is 6.21. The summed E-state index contributed by atoms with van der Waals surface area (Å²) in [5.74, 6) is -0.149. The Kier molecular flexibility index (Phi) is 4.95. The van der Waals surface area contributed by atoms with Gasteiger partial charge in [0.1, 0.15) is 0 Å². The molecule has 4 nitrogen and oxygen atoms in total. The summed E-state index contributed by atoms with van der Waals surface area (Å²) >= 11 is 1.60. The number of benzene rings is 2. The summed E-state index contributed by atoms with van der Waals surface area (Å²) in [6.07, 6.45) is 0.379.